The van der Waals surface area contributed by atoms with Crippen LogP contribution >= 0.6 is 0 Å². The van der Waals surface area contributed by atoms with Gasteiger partial charge in [-0.2, -0.15) is 0 Å². The van der Waals surface area contributed by atoms with E-state index in [9.17, 15) is 0 Å². The molecule has 0 radical (unpaired) electrons. The zero-order valence-corrected chi connectivity index (χ0v) is 14.5. The maximum Gasteiger partial charge on any atom is 0.108 e. The zero-order valence-electron chi connectivity index (χ0n) is 14.5. The quantitative estimate of drug-likeness (QED) is 0.801. The molecule has 2 heteroatoms. The fraction of sp³-hybridized carbons (Fsp3) is 0.455. The van der Waals surface area contributed by atoms with Crippen LogP contribution in [0.2, 0.25) is 0 Å². The fourth-order valence-corrected chi connectivity index (χ4v) is 4.47. The molecule has 24 heavy (non-hydrogen) atoms. The van der Waals surface area contributed by atoms with Gasteiger partial charge in [0.25, 0.3) is 0 Å². The lowest BCUT2D eigenvalue weighted by atomic mass is 9.83. The van der Waals surface area contributed by atoms with Crippen molar-refractivity contribution in [3.8, 4) is 0 Å². The van der Waals surface area contributed by atoms with Crippen LogP contribution in [0.4, 0.5) is 0 Å². The Bertz CT molecular complexity index is 588. The summed E-state index contributed by atoms with van der Waals surface area (Å²) in [7, 11) is 2.30. The molecule has 0 spiro atoms. The van der Waals surface area contributed by atoms with E-state index in [-0.39, 0.29) is 6.10 Å². The van der Waals surface area contributed by atoms with Crippen molar-refractivity contribution in [2.45, 2.75) is 56.4 Å². The van der Waals surface area contributed by atoms with Crippen LogP contribution in [0, 0.1) is 0 Å². The number of benzene rings is 2. The average molecular weight is 321 g/mol. The number of rotatable bonds is 4. The van der Waals surface area contributed by atoms with Gasteiger partial charge in [0.2, 0.25) is 0 Å². The van der Waals surface area contributed by atoms with Crippen LogP contribution in [0.5, 0.6) is 0 Å². The van der Waals surface area contributed by atoms with Gasteiger partial charge in [0.15, 0.2) is 0 Å². The van der Waals surface area contributed by atoms with Crippen LogP contribution in [-0.4, -0.2) is 30.1 Å². The Morgan fingerprint density at radius 1 is 0.833 bits per heavy atom. The molecule has 0 N–H and O–H groups in total. The summed E-state index contributed by atoms with van der Waals surface area (Å²) < 4.78 is 6.72. The van der Waals surface area contributed by atoms with Crippen molar-refractivity contribution in [2.24, 2.45) is 0 Å². The van der Waals surface area contributed by atoms with Crippen LogP contribution in [0.15, 0.2) is 60.7 Å². The van der Waals surface area contributed by atoms with Crippen molar-refractivity contribution in [3.63, 3.8) is 0 Å². The highest BCUT2D eigenvalue weighted by Crippen LogP contribution is 2.37. The number of fused-ring (bicyclic) bond motifs is 2. The third kappa shape index (κ3) is 3.26. The topological polar surface area (TPSA) is 12.5 Å². The molecule has 0 aliphatic carbocycles. The smallest absolute Gasteiger partial charge is 0.108 e. The zero-order chi connectivity index (χ0) is 16.4. The summed E-state index contributed by atoms with van der Waals surface area (Å²) in [5.41, 5.74) is 2.51. The lowest BCUT2D eigenvalue weighted by Crippen LogP contribution is -2.51. The van der Waals surface area contributed by atoms with Gasteiger partial charge < -0.3 is 9.64 Å². The molecule has 2 aromatic carbocycles. The van der Waals surface area contributed by atoms with E-state index in [0.717, 1.165) is 0 Å². The van der Waals surface area contributed by atoms with Crippen molar-refractivity contribution in [1.82, 2.24) is 4.90 Å². The molecule has 2 bridgehead atoms. The van der Waals surface area contributed by atoms with E-state index in [1.165, 1.54) is 43.2 Å². The Morgan fingerprint density at radius 2 is 1.33 bits per heavy atom. The van der Waals surface area contributed by atoms with E-state index in [4.69, 9.17) is 4.74 Å². The van der Waals surface area contributed by atoms with Gasteiger partial charge in [-0.15, -0.1) is 0 Å². The molecule has 126 valence electrons. The normalized spacial score (nSPS) is 27.3. The van der Waals surface area contributed by atoms with Crippen LogP contribution in [-0.2, 0) is 4.74 Å². The summed E-state index contributed by atoms with van der Waals surface area (Å²) in [6, 6.07) is 22.7. The predicted molar refractivity (Wildman–Crippen MR) is 98.0 cm³/mol. The van der Waals surface area contributed by atoms with E-state index < -0.39 is 0 Å². The molecule has 3 atom stereocenters. The number of hydrogen-bond acceptors (Lipinski definition) is 2. The summed E-state index contributed by atoms with van der Waals surface area (Å²) in [6.45, 7) is 0. The van der Waals surface area contributed by atoms with Gasteiger partial charge in [-0.25, -0.2) is 0 Å². The number of hydrogen-bond donors (Lipinski definition) is 0. The SMILES string of the molecule is CN1[C@@H]2CCC[C@H]1CC(OC(c1ccccc1)c1ccccc1)C2. The van der Waals surface area contributed by atoms with Crippen molar-refractivity contribution < 1.29 is 4.74 Å². The first-order chi connectivity index (χ1) is 11.8. The maximum absolute atomic E-state index is 6.72. The molecule has 2 fully saturated rings. The second kappa shape index (κ2) is 7.08. The van der Waals surface area contributed by atoms with Crippen molar-refractivity contribution >= 4 is 0 Å². The molecule has 2 aliphatic rings. The molecular formula is C22H27NO. The molecule has 0 saturated carbocycles. The van der Waals surface area contributed by atoms with Gasteiger partial charge in [0.05, 0.1) is 6.10 Å². The second-order valence-electron chi connectivity index (χ2n) is 7.33. The first-order valence-electron chi connectivity index (χ1n) is 9.28. The number of piperidine rings is 2. The van der Waals surface area contributed by atoms with Gasteiger partial charge >= 0.3 is 0 Å². The lowest BCUT2D eigenvalue weighted by molar-refractivity contribution is -0.0720. The standard InChI is InChI=1S/C22H27NO/c1-23-19-13-8-14-20(23)16-21(15-19)24-22(17-9-4-2-5-10-17)18-11-6-3-7-12-18/h2-7,9-12,19-22H,8,13-16H2,1H3/t19-,20+,21?. The average Bonchev–Trinajstić information content (AvgIpc) is 2.62. The summed E-state index contributed by atoms with van der Waals surface area (Å²) >= 11 is 0. The molecule has 4 rings (SSSR count). The largest absolute Gasteiger partial charge is 0.365 e. The fourth-order valence-electron chi connectivity index (χ4n) is 4.47. The third-order valence-electron chi connectivity index (χ3n) is 5.83. The van der Waals surface area contributed by atoms with E-state index in [0.29, 0.717) is 18.2 Å². The van der Waals surface area contributed by atoms with Crippen LogP contribution in [0.1, 0.15) is 49.3 Å². The second-order valence-corrected chi connectivity index (χ2v) is 7.33. The summed E-state index contributed by atoms with van der Waals surface area (Å²) in [4.78, 5) is 2.60. The van der Waals surface area contributed by atoms with Gasteiger partial charge in [-0.3, -0.25) is 0 Å². The molecule has 0 aromatic heterocycles. The molecular weight excluding hydrogens is 294 g/mol. The van der Waals surface area contributed by atoms with E-state index in [2.05, 4.69) is 72.6 Å². The van der Waals surface area contributed by atoms with Crippen LogP contribution in [0.25, 0.3) is 0 Å². The van der Waals surface area contributed by atoms with E-state index in [1.807, 2.05) is 0 Å². The molecule has 2 saturated heterocycles. The van der Waals surface area contributed by atoms with E-state index in [1.54, 1.807) is 0 Å². The first-order valence-corrected chi connectivity index (χ1v) is 9.28. The number of nitrogens with zero attached hydrogens (tertiary/aromatic N) is 1. The molecule has 2 nitrogen and oxygen atoms in total. The molecule has 2 aliphatic heterocycles. The van der Waals surface area contributed by atoms with Crippen LogP contribution < -0.4 is 0 Å². The van der Waals surface area contributed by atoms with Crippen molar-refractivity contribution in [1.29, 1.82) is 0 Å². The maximum atomic E-state index is 6.72. The van der Waals surface area contributed by atoms with Crippen LogP contribution in [0.3, 0.4) is 0 Å². The van der Waals surface area contributed by atoms with Gasteiger partial charge in [0, 0.05) is 12.1 Å². The summed E-state index contributed by atoms with van der Waals surface area (Å²) in [6.07, 6.45) is 6.78. The predicted octanol–water partition coefficient (Wildman–Crippen LogP) is 4.81. The Balaban J connectivity index is 1.57. The number of ether oxygens (including phenoxy) is 1. The Kier molecular flexibility index (Phi) is 4.68. The highest BCUT2D eigenvalue weighted by Gasteiger charge is 2.37. The first kappa shape index (κ1) is 15.9. The molecule has 2 heterocycles. The van der Waals surface area contributed by atoms with Gasteiger partial charge in [-0.1, -0.05) is 67.1 Å². The van der Waals surface area contributed by atoms with E-state index >= 15 is 0 Å². The highest BCUT2D eigenvalue weighted by atomic mass is 16.5. The lowest BCUT2D eigenvalue weighted by Gasteiger charge is -2.47. The minimum absolute atomic E-state index is 0.0431. The highest BCUT2D eigenvalue weighted by molar-refractivity contribution is 5.30. The minimum atomic E-state index is 0.0431. The molecule has 1 unspecified atom stereocenters. The summed E-state index contributed by atoms with van der Waals surface area (Å²) in [5, 5.41) is 0. The molecule has 0 amide bonds. The van der Waals surface area contributed by atoms with Crippen molar-refractivity contribution in [2.75, 3.05) is 7.05 Å². The Morgan fingerprint density at radius 3 is 1.83 bits per heavy atom. The third-order valence-corrected chi connectivity index (χ3v) is 5.83. The van der Waals surface area contributed by atoms with Gasteiger partial charge in [-0.05, 0) is 43.9 Å². The van der Waals surface area contributed by atoms with Gasteiger partial charge in [0.1, 0.15) is 6.10 Å². The Labute approximate surface area is 145 Å². The van der Waals surface area contributed by atoms with Crippen molar-refractivity contribution in [3.05, 3.63) is 71.8 Å². The molecule has 2 aromatic rings. The Hall–Kier alpha value is -1.64. The monoisotopic (exact) mass is 321 g/mol. The minimum Gasteiger partial charge on any atom is -0.365 e. The summed E-state index contributed by atoms with van der Waals surface area (Å²) in [5.74, 6) is 0.